The quantitative estimate of drug-likeness (QED) is 0.642. The standard InChI is InChI=1S/C10H13O/c1-3-8-11-10-7-5-4-6-9(10)2/h4-7H,2-3,8H2,1H3. The van der Waals surface area contributed by atoms with Gasteiger partial charge in [0.2, 0.25) is 0 Å². The molecule has 0 bridgehead atoms. The van der Waals surface area contributed by atoms with E-state index in [0.717, 1.165) is 24.3 Å². The van der Waals surface area contributed by atoms with Crippen LogP contribution >= 0.6 is 0 Å². The fourth-order valence-electron chi connectivity index (χ4n) is 0.857. The van der Waals surface area contributed by atoms with Crippen molar-refractivity contribution in [3.8, 4) is 5.75 Å². The smallest absolute Gasteiger partial charge is 0.122 e. The first-order chi connectivity index (χ1) is 5.34. The summed E-state index contributed by atoms with van der Waals surface area (Å²) in [6.07, 6.45) is 1.04. The highest BCUT2D eigenvalue weighted by Crippen LogP contribution is 2.15. The second-order valence-electron chi connectivity index (χ2n) is 2.46. The van der Waals surface area contributed by atoms with E-state index >= 15 is 0 Å². The Bertz CT molecular complexity index is 218. The maximum atomic E-state index is 5.42. The first kappa shape index (κ1) is 8.12. The predicted octanol–water partition coefficient (Wildman–Crippen LogP) is 2.66. The van der Waals surface area contributed by atoms with Gasteiger partial charge in [-0.1, -0.05) is 25.1 Å². The van der Waals surface area contributed by atoms with Gasteiger partial charge in [0, 0.05) is 0 Å². The summed E-state index contributed by atoms with van der Waals surface area (Å²) in [6.45, 7) is 6.71. The third-order valence-corrected chi connectivity index (χ3v) is 1.43. The molecule has 0 aliphatic heterocycles. The molecule has 1 nitrogen and oxygen atoms in total. The Balaban J connectivity index is 2.62. The van der Waals surface area contributed by atoms with Crippen molar-refractivity contribution in [2.45, 2.75) is 13.3 Å². The molecule has 0 aliphatic carbocycles. The molecule has 0 saturated carbocycles. The number of para-hydroxylation sites is 1. The number of benzene rings is 1. The predicted molar refractivity (Wildman–Crippen MR) is 46.7 cm³/mol. The van der Waals surface area contributed by atoms with Crippen LogP contribution in [0, 0.1) is 6.92 Å². The van der Waals surface area contributed by atoms with Crippen LogP contribution in [0.2, 0.25) is 0 Å². The van der Waals surface area contributed by atoms with Crippen LogP contribution in [0.15, 0.2) is 24.3 Å². The van der Waals surface area contributed by atoms with Gasteiger partial charge in [0.15, 0.2) is 0 Å². The third kappa shape index (κ3) is 2.26. The average molecular weight is 149 g/mol. The van der Waals surface area contributed by atoms with E-state index < -0.39 is 0 Å². The van der Waals surface area contributed by atoms with Gasteiger partial charge in [-0.2, -0.15) is 0 Å². The molecule has 59 valence electrons. The molecule has 0 aromatic heterocycles. The molecule has 0 saturated heterocycles. The lowest BCUT2D eigenvalue weighted by Crippen LogP contribution is -1.95. The van der Waals surface area contributed by atoms with E-state index in [2.05, 4.69) is 13.8 Å². The summed E-state index contributed by atoms with van der Waals surface area (Å²) in [4.78, 5) is 0. The summed E-state index contributed by atoms with van der Waals surface area (Å²) >= 11 is 0. The maximum absolute atomic E-state index is 5.42. The number of ether oxygens (including phenoxy) is 1. The van der Waals surface area contributed by atoms with Gasteiger partial charge in [-0.3, -0.25) is 0 Å². The third-order valence-electron chi connectivity index (χ3n) is 1.43. The number of hydrogen-bond acceptors (Lipinski definition) is 1. The summed E-state index contributed by atoms with van der Waals surface area (Å²) in [5.74, 6) is 0.898. The van der Waals surface area contributed by atoms with Crippen molar-refractivity contribution in [3.05, 3.63) is 36.8 Å². The van der Waals surface area contributed by atoms with E-state index in [1.807, 2.05) is 24.3 Å². The zero-order valence-electron chi connectivity index (χ0n) is 6.84. The average Bonchev–Trinajstić information content (AvgIpc) is 2.03. The van der Waals surface area contributed by atoms with Crippen LogP contribution < -0.4 is 4.74 Å². The molecular formula is C10H13O. The fraction of sp³-hybridized carbons (Fsp3) is 0.300. The molecule has 1 radical (unpaired) electrons. The van der Waals surface area contributed by atoms with Gasteiger partial charge < -0.3 is 4.74 Å². The van der Waals surface area contributed by atoms with E-state index in [-0.39, 0.29) is 0 Å². The first-order valence-corrected chi connectivity index (χ1v) is 3.88. The molecule has 0 amide bonds. The molecule has 1 heteroatoms. The van der Waals surface area contributed by atoms with E-state index in [4.69, 9.17) is 4.74 Å². The van der Waals surface area contributed by atoms with Crippen LogP contribution in [0.25, 0.3) is 0 Å². The Morgan fingerprint density at radius 3 is 2.73 bits per heavy atom. The summed E-state index contributed by atoms with van der Waals surface area (Å²) in [7, 11) is 0. The van der Waals surface area contributed by atoms with Gasteiger partial charge in [-0.15, -0.1) is 0 Å². The van der Waals surface area contributed by atoms with Gasteiger partial charge in [-0.05, 0) is 25.0 Å². The van der Waals surface area contributed by atoms with Crippen molar-refractivity contribution in [3.63, 3.8) is 0 Å². The van der Waals surface area contributed by atoms with Gasteiger partial charge >= 0.3 is 0 Å². The van der Waals surface area contributed by atoms with E-state index in [0.29, 0.717) is 0 Å². The zero-order valence-corrected chi connectivity index (χ0v) is 6.84. The largest absolute Gasteiger partial charge is 0.493 e. The zero-order chi connectivity index (χ0) is 8.10. The van der Waals surface area contributed by atoms with Crippen molar-refractivity contribution < 1.29 is 4.74 Å². The topological polar surface area (TPSA) is 9.23 Å². The molecule has 0 aliphatic rings. The SMILES string of the molecule is [CH2]c1ccccc1OCCC. The van der Waals surface area contributed by atoms with E-state index in [1.165, 1.54) is 0 Å². The Kier molecular flexibility index (Phi) is 2.96. The van der Waals surface area contributed by atoms with Crippen molar-refractivity contribution in [1.29, 1.82) is 0 Å². The van der Waals surface area contributed by atoms with Crippen molar-refractivity contribution in [1.82, 2.24) is 0 Å². The molecule has 0 fully saturated rings. The van der Waals surface area contributed by atoms with Crippen LogP contribution in [-0.4, -0.2) is 6.61 Å². The minimum atomic E-state index is 0.770. The van der Waals surface area contributed by atoms with E-state index in [9.17, 15) is 0 Å². The molecule has 1 aromatic rings. The molecule has 0 heterocycles. The number of hydrogen-bond donors (Lipinski definition) is 0. The Morgan fingerprint density at radius 1 is 1.36 bits per heavy atom. The molecule has 0 unspecified atom stereocenters. The normalized spacial score (nSPS) is 9.64. The summed E-state index contributed by atoms with van der Waals surface area (Å²) in [5, 5.41) is 0. The fourth-order valence-corrected chi connectivity index (χ4v) is 0.857. The minimum absolute atomic E-state index is 0.770. The highest BCUT2D eigenvalue weighted by Gasteiger charge is 1.94. The second-order valence-corrected chi connectivity index (χ2v) is 2.46. The molecule has 1 aromatic carbocycles. The Morgan fingerprint density at radius 2 is 2.09 bits per heavy atom. The number of rotatable bonds is 3. The van der Waals surface area contributed by atoms with Crippen molar-refractivity contribution >= 4 is 0 Å². The Hall–Kier alpha value is -0.980. The first-order valence-electron chi connectivity index (χ1n) is 3.88. The van der Waals surface area contributed by atoms with E-state index in [1.54, 1.807) is 0 Å². The molecule has 11 heavy (non-hydrogen) atoms. The molecule has 1 rings (SSSR count). The van der Waals surface area contributed by atoms with Gasteiger partial charge in [0.1, 0.15) is 5.75 Å². The summed E-state index contributed by atoms with van der Waals surface area (Å²) in [5.41, 5.74) is 0.959. The van der Waals surface area contributed by atoms with Crippen LogP contribution in [0.1, 0.15) is 18.9 Å². The molecule has 0 atom stereocenters. The van der Waals surface area contributed by atoms with Crippen LogP contribution in [0.5, 0.6) is 5.75 Å². The summed E-state index contributed by atoms with van der Waals surface area (Å²) < 4.78 is 5.42. The van der Waals surface area contributed by atoms with Crippen LogP contribution in [0.3, 0.4) is 0 Å². The van der Waals surface area contributed by atoms with Crippen molar-refractivity contribution in [2.75, 3.05) is 6.61 Å². The van der Waals surface area contributed by atoms with Crippen molar-refractivity contribution in [2.24, 2.45) is 0 Å². The maximum Gasteiger partial charge on any atom is 0.122 e. The molecular weight excluding hydrogens is 136 g/mol. The second kappa shape index (κ2) is 4.02. The highest BCUT2D eigenvalue weighted by atomic mass is 16.5. The lowest BCUT2D eigenvalue weighted by Gasteiger charge is -2.06. The summed E-state index contributed by atoms with van der Waals surface area (Å²) in [6, 6.07) is 7.81. The lowest BCUT2D eigenvalue weighted by atomic mass is 10.2. The van der Waals surface area contributed by atoms with Gasteiger partial charge in [0.25, 0.3) is 0 Å². The highest BCUT2D eigenvalue weighted by molar-refractivity contribution is 5.35. The van der Waals surface area contributed by atoms with Gasteiger partial charge in [-0.25, -0.2) is 0 Å². The van der Waals surface area contributed by atoms with Crippen LogP contribution in [-0.2, 0) is 0 Å². The molecule has 0 spiro atoms. The van der Waals surface area contributed by atoms with Crippen LogP contribution in [0.4, 0.5) is 0 Å². The monoisotopic (exact) mass is 149 g/mol. The van der Waals surface area contributed by atoms with Gasteiger partial charge in [0.05, 0.1) is 6.61 Å². The Labute approximate surface area is 68.0 Å². The molecule has 0 N–H and O–H groups in total. The lowest BCUT2D eigenvalue weighted by molar-refractivity contribution is 0.316. The minimum Gasteiger partial charge on any atom is -0.493 e.